The maximum absolute atomic E-state index is 12.4. The number of amides is 1. The van der Waals surface area contributed by atoms with Crippen LogP contribution >= 0.6 is 0 Å². The van der Waals surface area contributed by atoms with Crippen molar-refractivity contribution in [3.63, 3.8) is 0 Å². The molecule has 2 N–H and O–H groups in total. The monoisotopic (exact) mass is 231 g/mol. The van der Waals surface area contributed by atoms with Crippen molar-refractivity contribution < 1.29 is 23.1 Å². The summed E-state index contributed by atoms with van der Waals surface area (Å²) >= 11 is 0. The smallest absolute Gasteiger partial charge is 0.420 e. The van der Waals surface area contributed by atoms with Gasteiger partial charge < -0.3 is 10.4 Å². The minimum absolute atomic E-state index is 0.126. The van der Waals surface area contributed by atoms with E-state index in [1.165, 1.54) is 0 Å². The molecule has 0 saturated carbocycles. The van der Waals surface area contributed by atoms with Crippen LogP contribution in [0.3, 0.4) is 0 Å². The number of halogens is 3. The number of aryl methyl sites for hydroxylation is 1. The molecule has 1 aliphatic rings. The van der Waals surface area contributed by atoms with Gasteiger partial charge in [-0.25, -0.2) is 0 Å². The van der Waals surface area contributed by atoms with Gasteiger partial charge in [0.25, 0.3) is 0 Å². The molecule has 0 bridgehead atoms. The lowest BCUT2D eigenvalue weighted by molar-refractivity contribution is -0.138. The van der Waals surface area contributed by atoms with Gasteiger partial charge in [-0.05, 0) is 24.1 Å². The highest BCUT2D eigenvalue weighted by atomic mass is 19.4. The third kappa shape index (κ3) is 1.82. The number of carbonyl (C=O) groups excluding carboxylic acids is 1. The maximum atomic E-state index is 12.4. The molecule has 86 valence electrons. The molecule has 16 heavy (non-hydrogen) atoms. The number of nitrogens with one attached hydrogen (secondary N) is 1. The second-order valence-electron chi connectivity index (χ2n) is 3.57. The van der Waals surface area contributed by atoms with Crippen molar-refractivity contribution in [2.45, 2.75) is 19.0 Å². The van der Waals surface area contributed by atoms with E-state index in [2.05, 4.69) is 5.32 Å². The van der Waals surface area contributed by atoms with Crippen LogP contribution in [0.15, 0.2) is 12.1 Å². The Kier molecular flexibility index (Phi) is 2.29. The van der Waals surface area contributed by atoms with Crippen LogP contribution < -0.4 is 5.32 Å². The summed E-state index contributed by atoms with van der Waals surface area (Å²) in [5.74, 6) is -1.12. The molecule has 0 spiro atoms. The molecule has 0 saturated heterocycles. The first-order valence-electron chi connectivity index (χ1n) is 4.61. The van der Waals surface area contributed by atoms with E-state index in [0.29, 0.717) is 12.0 Å². The zero-order chi connectivity index (χ0) is 11.9. The van der Waals surface area contributed by atoms with Crippen molar-refractivity contribution in [3.05, 3.63) is 23.3 Å². The number of hydrogen-bond acceptors (Lipinski definition) is 2. The Morgan fingerprint density at radius 3 is 2.56 bits per heavy atom. The highest BCUT2D eigenvalue weighted by molar-refractivity contribution is 5.94. The van der Waals surface area contributed by atoms with Gasteiger partial charge in [-0.3, -0.25) is 4.79 Å². The van der Waals surface area contributed by atoms with E-state index in [0.717, 1.165) is 12.1 Å². The lowest BCUT2D eigenvalue weighted by Crippen LogP contribution is -2.20. The minimum atomic E-state index is -4.62. The fourth-order valence-corrected chi connectivity index (χ4v) is 1.64. The molecule has 1 amide bonds. The predicted molar refractivity (Wildman–Crippen MR) is 50.1 cm³/mol. The first kappa shape index (κ1) is 10.8. The Hall–Kier alpha value is -1.72. The number of alkyl halides is 3. The van der Waals surface area contributed by atoms with E-state index in [1.807, 2.05) is 0 Å². The lowest BCUT2D eigenvalue weighted by atomic mass is 10.00. The van der Waals surface area contributed by atoms with E-state index < -0.39 is 17.5 Å². The van der Waals surface area contributed by atoms with Crippen molar-refractivity contribution >= 4 is 11.6 Å². The van der Waals surface area contributed by atoms with Crippen LogP contribution in [0.4, 0.5) is 18.9 Å². The van der Waals surface area contributed by atoms with E-state index in [-0.39, 0.29) is 18.0 Å². The average molecular weight is 231 g/mol. The van der Waals surface area contributed by atoms with Crippen molar-refractivity contribution in [2.75, 3.05) is 5.32 Å². The maximum Gasteiger partial charge on any atom is 0.420 e. The second kappa shape index (κ2) is 3.40. The molecule has 3 nitrogen and oxygen atoms in total. The lowest BCUT2D eigenvalue weighted by Gasteiger charge is -2.19. The number of carbonyl (C=O) groups is 1. The summed E-state index contributed by atoms with van der Waals surface area (Å²) in [7, 11) is 0. The van der Waals surface area contributed by atoms with E-state index in [9.17, 15) is 23.1 Å². The largest absolute Gasteiger partial charge is 0.507 e. The molecule has 1 aliphatic heterocycles. The second-order valence-corrected chi connectivity index (χ2v) is 3.57. The van der Waals surface area contributed by atoms with Gasteiger partial charge in [0.05, 0.1) is 5.56 Å². The SMILES string of the molecule is O=C1CCc2cc(O)c(C(F)(F)F)cc2N1. The molecule has 0 fully saturated rings. The van der Waals surface area contributed by atoms with Crippen LogP contribution in [-0.2, 0) is 17.4 Å². The molecular weight excluding hydrogens is 223 g/mol. The molecule has 0 atom stereocenters. The first-order chi connectivity index (χ1) is 7.38. The van der Waals surface area contributed by atoms with Gasteiger partial charge in [0, 0.05) is 12.1 Å². The highest BCUT2D eigenvalue weighted by Crippen LogP contribution is 2.39. The zero-order valence-corrected chi connectivity index (χ0v) is 8.06. The topological polar surface area (TPSA) is 49.3 Å². The van der Waals surface area contributed by atoms with Crippen molar-refractivity contribution in [2.24, 2.45) is 0 Å². The third-order valence-corrected chi connectivity index (χ3v) is 2.42. The van der Waals surface area contributed by atoms with E-state index >= 15 is 0 Å². The standard InChI is InChI=1S/C10H8F3NO2/c11-10(12,13)6-4-7-5(3-8(6)15)1-2-9(16)14-7/h3-4,15H,1-2H2,(H,14,16). The van der Waals surface area contributed by atoms with Crippen LogP contribution in [0, 0.1) is 0 Å². The average Bonchev–Trinajstić information content (AvgIpc) is 2.16. The number of fused-ring (bicyclic) bond motifs is 1. The van der Waals surface area contributed by atoms with Gasteiger partial charge in [0.15, 0.2) is 0 Å². The zero-order valence-electron chi connectivity index (χ0n) is 8.06. The van der Waals surface area contributed by atoms with Gasteiger partial charge in [-0.2, -0.15) is 13.2 Å². The molecule has 0 aliphatic carbocycles. The summed E-state index contributed by atoms with van der Waals surface area (Å²) in [5.41, 5.74) is -0.486. The fraction of sp³-hybridized carbons (Fsp3) is 0.300. The van der Waals surface area contributed by atoms with Gasteiger partial charge in [-0.1, -0.05) is 0 Å². The molecule has 0 radical (unpaired) electrons. The van der Waals surface area contributed by atoms with Crippen LogP contribution in [-0.4, -0.2) is 11.0 Å². The molecule has 6 heteroatoms. The molecule has 2 rings (SSSR count). The summed E-state index contributed by atoms with van der Waals surface area (Å²) in [6.45, 7) is 0. The molecule has 1 heterocycles. The summed E-state index contributed by atoms with van der Waals surface area (Å²) in [6, 6.07) is 1.82. The molecule has 0 unspecified atom stereocenters. The quantitative estimate of drug-likeness (QED) is 0.673. The van der Waals surface area contributed by atoms with Gasteiger partial charge in [-0.15, -0.1) is 0 Å². The van der Waals surface area contributed by atoms with Crippen molar-refractivity contribution in [1.29, 1.82) is 0 Å². The summed E-state index contributed by atoms with van der Waals surface area (Å²) in [6.07, 6.45) is -4.06. The van der Waals surface area contributed by atoms with Crippen molar-refractivity contribution in [3.8, 4) is 5.75 Å². The molecule has 1 aromatic carbocycles. The van der Waals surface area contributed by atoms with Gasteiger partial charge >= 0.3 is 6.18 Å². The Morgan fingerprint density at radius 1 is 1.25 bits per heavy atom. The summed E-state index contributed by atoms with van der Waals surface area (Å²) in [4.78, 5) is 11.0. The number of benzene rings is 1. The van der Waals surface area contributed by atoms with Crippen LogP contribution in [0.5, 0.6) is 5.75 Å². The normalized spacial score (nSPS) is 15.6. The minimum Gasteiger partial charge on any atom is -0.507 e. The Bertz CT molecular complexity index is 454. The molecular formula is C10H8F3NO2. The highest BCUT2D eigenvalue weighted by Gasteiger charge is 2.35. The third-order valence-electron chi connectivity index (χ3n) is 2.42. The summed E-state index contributed by atoms with van der Waals surface area (Å²) in [5, 5.41) is 11.6. The number of aromatic hydroxyl groups is 1. The first-order valence-corrected chi connectivity index (χ1v) is 4.61. The van der Waals surface area contributed by atoms with Crippen LogP contribution in [0.2, 0.25) is 0 Å². The number of phenolic OH excluding ortho intramolecular Hbond substituents is 1. The van der Waals surface area contributed by atoms with E-state index in [4.69, 9.17) is 0 Å². The van der Waals surface area contributed by atoms with Crippen LogP contribution in [0.1, 0.15) is 17.5 Å². The molecule has 0 aromatic heterocycles. The molecule has 1 aromatic rings. The van der Waals surface area contributed by atoms with Crippen LogP contribution in [0.25, 0.3) is 0 Å². The van der Waals surface area contributed by atoms with E-state index in [1.54, 1.807) is 0 Å². The van der Waals surface area contributed by atoms with Gasteiger partial charge in [0.2, 0.25) is 5.91 Å². The van der Waals surface area contributed by atoms with Crippen molar-refractivity contribution in [1.82, 2.24) is 0 Å². The number of hydrogen-bond donors (Lipinski definition) is 2. The number of phenols is 1. The van der Waals surface area contributed by atoms with Gasteiger partial charge in [0.1, 0.15) is 5.75 Å². The predicted octanol–water partition coefficient (Wildman–Crippen LogP) is 2.30. The number of anilines is 1. The Morgan fingerprint density at radius 2 is 1.94 bits per heavy atom. The number of rotatable bonds is 0. The fourth-order valence-electron chi connectivity index (χ4n) is 1.64. The Labute approximate surface area is 88.9 Å². The Balaban J connectivity index is 2.51. The summed E-state index contributed by atoms with van der Waals surface area (Å²) < 4.78 is 37.3.